The number of carbonyl (C=O) groups is 1. The number of aromatic carboxylic acids is 1. The Bertz CT molecular complexity index is 1240. The predicted octanol–water partition coefficient (Wildman–Crippen LogP) is 4.59. The summed E-state index contributed by atoms with van der Waals surface area (Å²) in [4.78, 5) is 20.6. The monoisotopic (exact) mass is 416 g/mol. The van der Waals surface area contributed by atoms with Crippen molar-refractivity contribution in [3.8, 4) is 28.5 Å². The molecule has 3 aromatic carbocycles. The first-order valence-electron chi connectivity index (χ1n) is 9.52. The van der Waals surface area contributed by atoms with E-state index in [1.54, 1.807) is 44.6 Å². The van der Waals surface area contributed by atoms with Crippen molar-refractivity contribution in [1.82, 2.24) is 9.97 Å². The summed E-state index contributed by atoms with van der Waals surface area (Å²) in [5.41, 5.74) is 2.88. The van der Waals surface area contributed by atoms with Gasteiger partial charge in [-0.2, -0.15) is 0 Å². The number of aromatic nitrogens is 2. The molecule has 0 saturated heterocycles. The number of ether oxygens (including phenoxy) is 3. The van der Waals surface area contributed by atoms with Gasteiger partial charge in [0.05, 0.1) is 25.4 Å². The van der Waals surface area contributed by atoms with Gasteiger partial charge in [-0.3, -0.25) is 0 Å². The highest BCUT2D eigenvalue weighted by atomic mass is 16.5. The lowest BCUT2D eigenvalue weighted by Crippen LogP contribution is -2.04. The number of carboxylic acids is 1. The molecule has 0 bridgehead atoms. The lowest BCUT2D eigenvalue weighted by atomic mass is 10.0. The Morgan fingerprint density at radius 3 is 2.35 bits per heavy atom. The molecule has 0 atom stereocenters. The second-order valence-corrected chi connectivity index (χ2v) is 6.74. The standard InChI is InChI=1S/C24H20N2O5/c1-29-21-11-17-19(12-22(21)30-2)25-14-26-23(17)16-8-9-20(18(10-16)24(27)28)31-13-15-6-4-3-5-7-15/h3-12,14H,13H2,1-2H3,(H,27,28). The van der Waals surface area contributed by atoms with E-state index in [0.717, 1.165) is 10.9 Å². The van der Waals surface area contributed by atoms with Crippen molar-refractivity contribution < 1.29 is 24.1 Å². The van der Waals surface area contributed by atoms with Gasteiger partial charge in [0.25, 0.3) is 0 Å². The van der Waals surface area contributed by atoms with Gasteiger partial charge < -0.3 is 19.3 Å². The molecule has 0 fully saturated rings. The molecule has 1 aromatic heterocycles. The topological polar surface area (TPSA) is 90.8 Å². The van der Waals surface area contributed by atoms with E-state index < -0.39 is 5.97 Å². The van der Waals surface area contributed by atoms with Crippen molar-refractivity contribution in [3.63, 3.8) is 0 Å². The Morgan fingerprint density at radius 1 is 0.903 bits per heavy atom. The zero-order valence-electron chi connectivity index (χ0n) is 17.0. The third kappa shape index (κ3) is 4.11. The maximum absolute atomic E-state index is 11.9. The largest absolute Gasteiger partial charge is 0.493 e. The van der Waals surface area contributed by atoms with E-state index in [-0.39, 0.29) is 17.9 Å². The van der Waals surface area contributed by atoms with Gasteiger partial charge in [0.1, 0.15) is 24.2 Å². The molecular formula is C24H20N2O5. The average Bonchev–Trinajstić information content (AvgIpc) is 2.81. The number of methoxy groups -OCH3 is 2. The van der Waals surface area contributed by atoms with Crippen LogP contribution in [0, 0.1) is 0 Å². The van der Waals surface area contributed by atoms with Crippen LogP contribution in [0.4, 0.5) is 0 Å². The third-order valence-electron chi connectivity index (χ3n) is 4.86. The molecular weight excluding hydrogens is 396 g/mol. The average molecular weight is 416 g/mol. The van der Waals surface area contributed by atoms with Crippen LogP contribution in [0.15, 0.2) is 67.0 Å². The molecule has 0 aliphatic heterocycles. The molecule has 156 valence electrons. The number of carboxylic acid groups (broad SMARTS) is 1. The molecule has 0 spiro atoms. The quantitative estimate of drug-likeness (QED) is 0.471. The van der Waals surface area contributed by atoms with E-state index in [2.05, 4.69) is 9.97 Å². The molecule has 7 nitrogen and oxygen atoms in total. The summed E-state index contributed by atoms with van der Waals surface area (Å²) in [6.45, 7) is 0.272. The van der Waals surface area contributed by atoms with Crippen LogP contribution < -0.4 is 14.2 Å². The van der Waals surface area contributed by atoms with Crippen LogP contribution in [0.5, 0.6) is 17.2 Å². The number of benzene rings is 3. The first-order chi connectivity index (χ1) is 15.1. The lowest BCUT2D eigenvalue weighted by Gasteiger charge is -2.13. The molecule has 0 aliphatic carbocycles. The van der Waals surface area contributed by atoms with Crippen LogP contribution >= 0.6 is 0 Å². The second kappa shape index (κ2) is 8.71. The van der Waals surface area contributed by atoms with E-state index in [0.29, 0.717) is 28.3 Å². The van der Waals surface area contributed by atoms with Crippen LogP contribution in [-0.2, 0) is 6.61 Å². The Balaban J connectivity index is 1.75. The normalized spacial score (nSPS) is 10.6. The first-order valence-corrected chi connectivity index (χ1v) is 9.52. The highest BCUT2D eigenvalue weighted by molar-refractivity contribution is 5.97. The van der Waals surface area contributed by atoms with Crippen molar-refractivity contribution in [2.45, 2.75) is 6.61 Å². The second-order valence-electron chi connectivity index (χ2n) is 6.74. The minimum atomic E-state index is -1.08. The van der Waals surface area contributed by atoms with Crippen molar-refractivity contribution in [1.29, 1.82) is 0 Å². The van der Waals surface area contributed by atoms with Gasteiger partial charge in [-0.05, 0) is 29.8 Å². The van der Waals surface area contributed by atoms with Crippen LogP contribution in [0.1, 0.15) is 15.9 Å². The fourth-order valence-electron chi connectivity index (χ4n) is 3.32. The summed E-state index contributed by atoms with van der Waals surface area (Å²) in [6.07, 6.45) is 1.43. The van der Waals surface area contributed by atoms with Crippen LogP contribution in [0.2, 0.25) is 0 Å². The Kier molecular flexibility index (Phi) is 5.66. The first kappa shape index (κ1) is 20.2. The number of nitrogens with zero attached hydrogens (tertiary/aromatic N) is 2. The molecule has 7 heteroatoms. The van der Waals surface area contributed by atoms with Gasteiger partial charge in [0.2, 0.25) is 0 Å². The third-order valence-corrected chi connectivity index (χ3v) is 4.86. The van der Waals surface area contributed by atoms with E-state index >= 15 is 0 Å². The van der Waals surface area contributed by atoms with Crippen molar-refractivity contribution in [2.24, 2.45) is 0 Å². The van der Waals surface area contributed by atoms with Gasteiger partial charge in [-0.1, -0.05) is 30.3 Å². The van der Waals surface area contributed by atoms with Gasteiger partial charge in [0, 0.05) is 17.0 Å². The maximum Gasteiger partial charge on any atom is 0.339 e. The number of hydrogen-bond acceptors (Lipinski definition) is 6. The summed E-state index contributed by atoms with van der Waals surface area (Å²) >= 11 is 0. The molecule has 4 rings (SSSR count). The van der Waals surface area contributed by atoms with Crippen molar-refractivity contribution in [2.75, 3.05) is 14.2 Å². The molecule has 0 saturated carbocycles. The minimum Gasteiger partial charge on any atom is -0.493 e. The predicted molar refractivity (Wildman–Crippen MR) is 116 cm³/mol. The number of rotatable bonds is 7. The van der Waals surface area contributed by atoms with Crippen LogP contribution in [0.25, 0.3) is 22.2 Å². The van der Waals surface area contributed by atoms with Gasteiger partial charge in [0.15, 0.2) is 11.5 Å². The Labute approximate surface area is 178 Å². The van der Waals surface area contributed by atoms with E-state index in [4.69, 9.17) is 14.2 Å². The van der Waals surface area contributed by atoms with Gasteiger partial charge in [-0.25, -0.2) is 14.8 Å². The van der Waals surface area contributed by atoms with Crippen LogP contribution in [-0.4, -0.2) is 35.3 Å². The summed E-state index contributed by atoms with van der Waals surface area (Å²) in [7, 11) is 3.10. The number of fused-ring (bicyclic) bond motifs is 1. The summed E-state index contributed by atoms with van der Waals surface area (Å²) in [5, 5.41) is 10.5. The Morgan fingerprint density at radius 2 is 1.65 bits per heavy atom. The maximum atomic E-state index is 11.9. The van der Waals surface area contributed by atoms with Gasteiger partial charge in [-0.15, -0.1) is 0 Å². The molecule has 1 N–H and O–H groups in total. The van der Waals surface area contributed by atoms with Crippen molar-refractivity contribution >= 4 is 16.9 Å². The lowest BCUT2D eigenvalue weighted by molar-refractivity contribution is 0.0692. The molecule has 0 aliphatic rings. The zero-order chi connectivity index (χ0) is 21.8. The SMILES string of the molecule is COc1cc2ncnc(-c3ccc(OCc4ccccc4)c(C(=O)O)c3)c2cc1OC. The fourth-order valence-corrected chi connectivity index (χ4v) is 3.32. The summed E-state index contributed by atoms with van der Waals surface area (Å²) in [6, 6.07) is 18.1. The molecule has 0 unspecified atom stereocenters. The minimum absolute atomic E-state index is 0.0562. The molecule has 1 heterocycles. The van der Waals surface area contributed by atoms with Crippen LogP contribution in [0.3, 0.4) is 0 Å². The summed E-state index contributed by atoms with van der Waals surface area (Å²) in [5.74, 6) is 0.295. The highest BCUT2D eigenvalue weighted by Gasteiger charge is 2.17. The molecule has 4 aromatic rings. The van der Waals surface area contributed by atoms with Crippen molar-refractivity contribution in [3.05, 3.63) is 78.1 Å². The zero-order valence-corrected chi connectivity index (χ0v) is 17.0. The highest BCUT2D eigenvalue weighted by Crippen LogP contribution is 2.36. The van der Waals surface area contributed by atoms with E-state index in [9.17, 15) is 9.90 Å². The molecule has 0 amide bonds. The van der Waals surface area contributed by atoms with E-state index in [1.807, 2.05) is 30.3 Å². The fraction of sp³-hybridized carbons (Fsp3) is 0.125. The molecule has 0 radical (unpaired) electrons. The Hall–Kier alpha value is -4.13. The summed E-state index contributed by atoms with van der Waals surface area (Å²) < 4.78 is 16.5. The van der Waals surface area contributed by atoms with E-state index in [1.165, 1.54) is 6.33 Å². The molecule has 31 heavy (non-hydrogen) atoms. The number of hydrogen-bond donors (Lipinski definition) is 1. The van der Waals surface area contributed by atoms with Gasteiger partial charge >= 0.3 is 5.97 Å². The smallest absolute Gasteiger partial charge is 0.339 e.